The summed E-state index contributed by atoms with van der Waals surface area (Å²) in [6, 6.07) is 12.3. The standard InChI is InChI=1S/C16H18N4/c1-2-20-15-8-4-3-7-14(15)19-16(20)12-18-11-13-6-5-9-17-10-13/h3-10,18H,2,11-12H2,1H3. The summed E-state index contributed by atoms with van der Waals surface area (Å²) in [5.74, 6) is 1.08. The van der Waals surface area contributed by atoms with Crippen LogP contribution in [0.2, 0.25) is 0 Å². The Balaban J connectivity index is 1.74. The fraction of sp³-hybridized carbons (Fsp3) is 0.250. The highest BCUT2D eigenvalue weighted by Gasteiger charge is 2.08. The molecule has 2 aromatic heterocycles. The summed E-state index contributed by atoms with van der Waals surface area (Å²) in [5, 5.41) is 3.43. The zero-order valence-corrected chi connectivity index (χ0v) is 11.6. The number of aromatic nitrogens is 3. The molecule has 4 heteroatoms. The molecule has 0 atom stereocenters. The van der Waals surface area contributed by atoms with Crippen LogP contribution in [0.1, 0.15) is 18.3 Å². The van der Waals surface area contributed by atoms with E-state index in [0.717, 1.165) is 31.0 Å². The van der Waals surface area contributed by atoms with Crippen molar-refractivity contribution >= 4 is 11.0 Å². The highest BCUT2D eigenvalue weighted by Crippen LogP contribution is 2.15. The monoisotopic (exact) mass is 266 g/mol. The maximum atomic E-state index is 4.70. The van der Waals surface area contributed by atoms with Crippen LogP contribution >= 0.6 is 0 Å². The van der Waals surface area contributed by atoms with E-state index < -0.39 is 0 Å². The van der Waals surface area contributed by atoms with Gasteiger partial charge in [0.05, 0.1) is 17.6 Å². The zero-order valence-electron chi connectivity index (χ0n) is 11.6. The minimum absolute atomic E-state index is 0.761. The van der Waals surface area contributed by atoms with E-state index in [4.69, 9.17) is 4.98 Å². The summed E-state index contributed by atoms with van der Waals surface area (Å²) < 4.78 is 2.26. The molecule has 0 saturated heterocycles. The van der Waals surface area contributed by atoms with Crippen molar-refractivity contribution in [3.05, 3.63) is 60.2 Å². The number of nitrogens with zero attached hydrogens (tertiary/aromatic N) is 3. The van der Waals surface area contributed by atoms with E-state index in [2.05, 4.69) is 46.1 Å². The van der Waals surface area contributed by atoms with Crippen LogP contribution in [0.15, 0.2) is 48.8 Å². The van der Waals surface area contributed by atoms with Crippen LogP contribution in [-0.2, 0) is 19.6 Å². The molecule has 3 rings (SSSR count). The number of benzene rings is 1. The number of pyridine rings is 1. The number of para-hydroxylation sites is 2. The van der Waals surface area contributed by atoms with Crippen molar-refractivity contribution in [3.63, 3.8) is 0 Å². The van der Waals surface area contributed by atoms with E-state index in [1.807, 2.05) is 18.3 Å². The Kier molecular flexibility index (Phi) is 3.74. The third kappa shape index (κ3) is 2.56. The summed E-state index contributed by atoms with van der Waals surface area (Å²) in [5.41, 5.74) is 3.45. The predicted octanol–water partition coefficient (Wildman–Crippen LogP) is 2.74. The molecule has 0 aliphatic heterocycles. The lowest BCUT2D eigenvalue weighted by atomic mass is 10.3. The minimum Gasteiger partial charge on any atom is -0.327 e. The Morgan fingerprint density at radius 1 is 1.10 bits per heavy atom. The van der Waals surface area contributed by atoms with Gasteiger partial charge in [-0.3, -0.25) is 4.98 Å². The molecule has 4 nitrogen and oxygen atoms in total. The molecular weight excluding hydrogens is 248 g/mol. The van der Waals surface area contributed by atoms with Gasteiger partial charge in [0.1, 0.15) is 5.82 Å². The second kappa shape index (κ2) is 5.84. The van der Waals surface area contributed by atoms with Crippen molar-refractivity contribution in [2.24, 2.45) is 0 Å². The van der Waals surface area contributed by atoms with Crippen LogP contribution in [0, 0.1) is 0 Å². The first-order valence-corrected chi connectivity index (χ1v) is 6.92. The van der Waals surface area contributed by atoms with Gasteiger partial charge in [-0.1, -0.05) is 18.2 Å². The zero-order chi connectivity index (χ0) is 13.8. The smallest absolute Gasteiger partial charge is 0.123 e. The molecule has 1 N–H and O–H groups in total. The predicted molar refractivity (Wildman–Crippen MR) is 80.2 cm³/mol. The number of nitrogens with one attached hydrogen (secondary N) is 1. The number of hydrogen-bond acceptors (Lipinski definition) is 3. The highest BCUT2D eigenvalue weighted by molar-refractivity contribution is 5.75. The van der Waals surface area contributed by atoms with E-state index in [9.17, 15) is 0 Å². The average molecular weight is 266 g/mol. The van der Waals surface area contributed by atoms with Crippen LogP contribution in [-0.4, -0.2) is 14.5 Å². The Hall–Kier alpha value is -2.20. The Morgan fingerprint density at radius 2 is 2.00 bits per heavy atom. The summed E-state index contributed by atoms with van der Waals surface area (Å²) >= 11 is 0. The van der Waals surface area contributed by atoms with Crippen molar-refractivity contribution in [3.8, 4) is 0 Å². The molecular formula is C16H18N4. The first kappa shape index (κ1) is 12.8. The fourth-order valence-corrected chi connectivity index (χ4v) is 2.43. The van der Waals surface area contributed by atoms with Crippen LogP contribution < -0.4 is 5.32 Å². The van der Waals surface area contributed by atoms with Gasteiger partial charge in [0.25, 0.3) is 0 Å². The van der Waals surface area contributed by atoms with Gasteiger partial charge in [0.2, 0.25) is 0 Å². The SMILES string of the molecule is CCn1c(CNCc2cccnc2)nc2ccccc21. The maximum absolute atomic E-state index is 4.70. The lowest BCUT2D eigenvalue weighted by Gasteiger charge is -2.07. The molecule has 1 aromatic carbocycles. The van der Waals surface area contributed by atoms with Crippen molar-refractivity contribution < 1.29 is 0 Å². The summed E-state index contributed by atoms with van der Waals surface area (Å²) in [6.07, 6.45) is 3.68. The molecule has 0 aliphatic rings. The molecule has 0 spiro atoms. The van der Waals surface area contributed by atoms with Gasteiger partial charge >= 0.3 is 0 Å². The lowest BCUT2D eigenvalue weighted by Crippen LogP contribution is -2.16. The van der Waals surface area contributed by atoms with E-state index in [1.54, 1.807) is 6.20 Å². The molecule has 0 radical (unpaired) electrons. The van der Waals surface area contributed by atoms with E-state index in [1.165, 1.54) is 11.1 Å². The Bertz CT molecular complexity index is 688. The second-order valence-electron chi connectivity index (χ2n) is 4.73. The third-order valence-electron chi connectivity index (χ3n) is 3.38. The van der Waals surface area contributed by atoms with Crippen LogP contribution in [0.4, 0.5) is 0 Å². The largest absolute Gasteiger partial charge is 0.327 e. The summed E-state index contributed by atoms with van der Waals surface area (Å²) in [4.78, 5) is 8.82. The van der Waals surface area contributed by atoms with Gasteiger partial charge in [-0.25, -0.2) is 4.98 Å². The van der Waals surface area contributed by atoms with Crippen molar-refractivity contribution in [2.75, 3.05) is 0 Å². The van der Waals surface area contributed by atoms with Crippen molar-refractivity contribution in [1.29, 1.82) is 0 Å². The number of rotatable bonds is 5. The number of imidazole rings is 1. The second-order valence-corrected chi connectivity index (χ2v) is 4.73. The maximum Gasteiger partial charge on any atom is 0.123 e. The minimum atomic E-state index is 0.761. The van der Waals surface area contributed by atoms with E-state index >= 15 is 0 Å². The number of hydrogen-bond donors (Lipinski definition) is 1. The van der Waals surface area contributed by atoms with Gasteiger partial charge < -0.3 is 9.88 Å². The molecule has 0 saturated carbocycles. The topological polar surface area (TPSA) is 42.7 Å². The van der Waals surface area contributed by atoms with Crippen LogP contribution in [0.5, 0.6) is 0 Å². The van der Waals surface area contributed by atoms with Crippen molar-refractivity contribution in [1.82, 2.24) is 19.9 Å². The molecule has 0 fully saturated rings. The quantitative estimate of drug-likeness (QED) is 0.772. The normalized spacial score (nSPS) is 11.1. The van der Waals surface area contributed by atoms with Gasteiger partial charge in [-0.2, -0.15) is 0 Å². The number of fused-ring (bicyclic) bond motifs is 1. The fourth-order valence-electron chi connectivity index (χ4n) is 2.43. The van der Waals surface area contributed by atoms with Gasteiger partial charge in [0, 0.05) is 25.5 Å². The highest BCUT2D eigenvalue weighted by atomic mass is 15.1. The van der Waals surface area contributed by atoms with Gasteiger partial charge in [0.15, 0.2) is 0 Å². The molecule has 0 unspecified atom stereocenters. The third-order valence-corrected chi connectivity index (χ3v) is 3.38. The average Bonchev–Trinajstić information content (AvgIpc) is 2.86. The molecule has 20 heavy (non-hydrogen) atoms. The summed E-state index contributed by atoms with van der Waals surface area (Å²) in [6.45, 7) is 4.65. The lowest BCUT2D eigenvalue weighted by molar-refractivity contribution is 0.620. The summed E-state index contributed by atoms with van der Waals surface area (Å²) in [7, 11) is 0. The number of aryl methyl sites for hydroxylation is 1. The van der Waals surface area contributed by atoms with Gasteiger partial charge in [-0.05, 0) is 30.7 Å². The molecule has 102 valence electrons. The van der Waals surface area contributed by atoms with Crippen LogP contribution in [0.3, 0.4) is 0 Å². The molecule has 0 bridgehead atoms. The van der Waals surface area contributed by atoms with E-state index in [-0.39, 0.29) is 0 Å². The Morgan fingerprint density at radius 3 is 2.80 bits per heavy atom. The van der Waals surface area contributed by atoms with Crippen molar-refractivity contribution in [2.45, 2.75) is 26.6 Å². The first-order chi connectivity index (χ1) is 9.88. The molecule has 0 amide bonds. The Labute approximate surface area is 118 Å². The molecule has 3 aromatic rings. The van der Waals surface area contributed by atoms with E-state index in [0.29, 0.717) is 0 Å². The molecule has 2 heterocycles. The van der Waals surface area contributed by atoms with Gasteiger partial charge in [-0.15, -0.1) is 0 Å². The first-order valence-electron chi connectivity index (χ1n) is 6.92. The van der Waals surface area contributed by atoms with Crippen LogP contribution in [0.25, 0.3) is 11.0 Å². The molecule has 0 aliphatic carbocycles.